The second-order valence-corrected chi connectivity index (χ2v) is 7.91. The van der Waals surface area contributed by atoms with Crippen molar-refractivity contribution in [3.8, 4) is 17.2 Å². The topological polar surface area (TPSA) is 55.8 Å². The number of fused-ring (bicyclic) bond motifs is 1. The Morgan fingerprint density at radius 2 is 1.64 bits per heavy atom. The molecule has 1 aliphatic carbocycles. The molecule has 0 bridgehead atoms. The van der Waals surface area contributed by atoms with Crippen molar-refractivity contribution in [1.82, 2.24) is 0 Å². The van der Waals surface area contributed by atoms with E-state index in [0.717, 1.165) is 33.4 Å². The van der Waals surface area contributed by atoms with Crippen LogP contribution in [0.5, 0.6) is 17.2 Å². The molecule has 0 atom stereocenters. The molecular formula is C28H25FO4. The Balaban J connectivity index is 1.73. The zero-order chi connectivity index (χ0) is 23.5. The van der Waals surface area contributed by atoms with E-state index < -0.39 is 0 Å². The summed E-state index contributed by atoms with van der Waals surface area (Å²) in [7, 11) is 2.96. The number of ether oxygens (including phenoxy) is 2. The smallest absolute Gasteiger partial charge is 0.200 e. The average Bonchev–Trinajstić information content (AvgIpc) is 3.08. The van der Waals surface area contributed by atoms with Crippen LogP contribution in [-0.4, -0.2) is 25.1 Å². The number of rotatable bonds is 7. The number of ketones is 1. The highest BCUT2D eigenvalue weighted by atomic mass is 19.1. The van der Waals surface area contributed by atoms with Crippen LogP contribution in [0.15, 0.2) is 66.2 Å². The Morgan fingerprint density at radius 1 is 0.970 bits per heavy atom. The molecule has 1 N–H and O–H groups in total. The van der Waals surface area contributed by atoms with Gasteiger partial charge < -0.3 is 14.6 Å². The number of Topliss-reactive ketones (excluding diaryl/α,β-unsaturated/α-hetero) is 1. The fourth-order valence-corrected chi connectivity index (χ4v) is 4.25. The van der Waals surface area contributed by atoms with Crippen molar-refractivity contribution in [2.24, 2.45) is 0 Å². The number of methoxy groups -OCH3 is 2. The molecule has 4 nitrogen and oxygen atoms in total. The standard InChI is InChI=1S/C28H25FO4/c1-17-21(11-12-25(30)19-7-5-4-6-8-19)24-16-20(29)9-10-22(24)23(17)13-18-14-26(32-2)28(31)27(15-18)33-3/h4-10,13-16,31H,11-12H2,1-3H3. The Labute approximate surface area is 192 Å². The van der Waals surface area contributed by atoms with E-state index >= 15 is 0 Å². The van der Waals surface area contributed by atoms with Gasteiger partial charge in [0.05, 0.1) is 14.2 Å². The lowest BCUT2D eigenvalue weighted by Gasteiger charge is -2.11. The molecule has 33 heavy (non-hydrogen) atoms. The molecule has 0 fully saturated rings. The van der Waals surface area contributed by atoms with Crippen molar-refractivity contribution in [1.29, 1.82) is 0 Å². The van der Waals surface area contributed by atoms with E-state index in [2.05, 4.69) is 0 Å². The maximum absolute atomic E-state index is 14.2. The summed E-state index contributed by atoms with van der Waals surface area (Å²) < 4.78 is 24.7. The van der Waals surface area contributed by atoms with Gasteiger partial charge in [0.2, 0.25) is 5.75 Å². The Bertz CT molecular complexity index is 1250. The number of allylic oxidation sites excluding steroid dienone is 3. The van der Waals surface area contributed by atoms with Gasteiger partial charge in [-0.05, 0) is 77.1 Å². The number of hydrogen-bond acceptors (Lipinski definition) is 4. The third kappa shape index (κ3) is 4.40. The zero-order valence-corrected chi connectivity index (χ0v) is 18.8. The van der Waals surface area contributed by atoms with Crippen LogP contribution in [0.1, 0.15) is 46.8 Å². The summed E-state index contributed by atoms with van der Waals surface area (Å²) in [6.07, 6.45) is 2.80. The van der Waals surface area contributed by atoms with E-state index in [0.29, 0.717) is 29.9 Å². The Hall–Kier alpha value is -3.86. The summed E-state index contributed by atoms with van der Waals surface area (Å²) in [5.41, 5.74) is 6.03. The molecule has 0 amide bonds. The highest BCUT2D eigenvalue weighted by Gasteiger charge is 2.25. The second kappa shape index (κ2) is 9.33. The molecule has 3 aromatic carbocycles. The predicted molar refractivity (Wildman–Crippen MR) is 128 cm³/mol. The summed E-state index contributed by atoms with van der Waals surface area (Å²) in [6.45, 7) is 1.99. The molecule has 0 heterocycles. The summed E-state index contributed by atoms with van der Waals surface area (Å²) in [4.78, 5) is 12.7. The van der Waals surface area contributed by atoms with Gasteiger partial charge in [0.25, 0.3) is 0 Å². The summed E-state index contributed by atoms with van der Waals surface area (Å²) in [5, 5.41) is 10.2. The van der Waals surface area contributed by atoms with Gasteiger partial charge in [0.15, 0.2) is 17.3 Å². The first-order chi connectivity index (χ1) is 15.9. The normalized spacial score (nSPS) is 13.9. The number of carbonyl (C=O) groups is 1. The SMILES string of the molecule is COc1cc(C=C2C(C)=C(CCC(=O)c3ccccc3)c3cc(F)ccc32)cc(OC)c1O. The van der Waals surface area contributed by atoms with Gasteiger partial charge in [-0.2, -0.15) is 0 Å². The number of benzene rings is 3. The first-order valence-electron chi connectivity index (χ1n) is 10.7. The van der Waals surface area contributed by atoms with Crippen LogP contribution >= 0.6 is 0 Å². The van der Waals surface area contributed by atoms with E-state index in [9.17, 15) is 14.3 Å². The molecule has 0 aliphatic heterocycles. The van der Waals surface area contributed by atoms with E-state index in [1.807, 2.05) is 43.3 Å². The molecule has 1 aliphatic rings. The van der Waals surface area contributed by atoms with Gasteiger partial charge in [-0.15, -0.1) is 0 Å². The fourth-order valence-electron chi connectivity index (χ4n) is 4.25. The van der Waals surface area contributed by atoms with Crippen LogP contribution in [0.3, 0.4) is 0 Å². The number of carbonyl (C=O) groups excluding carboxylic acids is 1. The number of phenolic OH excluding ortho intramolecular Hbond substituents is 1. The molecule has 5 heteroatoms. The van der Waals surface area contributed by atoms with Gasteiger partial charge in [0, 0.05) is 12.0 Å². The quantitative estimate of drug-likeness (QED) is 0.421. The molecule has 0 spiro atoms. The Kier molecular flexibility index (Phi) is 6.31. The Morgan fingerprint density at radius 3 is 2.27 bits per heavy atom. The van der Waals surface area contributed by atoms with E-state index in [1.54, 1.807) is 18.2 Å². The largest absolute Gasteiger partial charge is 0.502 e. The molecule has 0 saturated carbocycles. The highest BCUT2D eigenvalue weighted by Crippen LogP contribution is 2.45. The minimum Gasteiger partial charge on any atom is -0.502 e. The first-order valence-corrected chi connectivity index (χ1v) is 10.7. The maximum Gasteiger partial charge on any atom is 0.200 e. The molecule has 0 aromatic heterocycles. The predicted octanol–water partition coefficient (Wildman–Crippen LogP) is 6.54. The number of hydrogen-bond donors (Lipinski definition) is 1. The zero-order valence-electron chi connectivity index (χ0n) is 18.8. The molecule has 168 valence electrons. The molecule has 3 aromatic rings. The third-order valence-corrected chi connectivity index (χ3v) is 5.96. The van der Waals surface area contributed by atoms with Crippen LogP contribution < -0.4 is 9.47 Å². The summed E-state index contributed by atoms with van der Waals surface area (Å²) >= 11 is 0. The lowest BCUT2D eigenvalue weighted by atomic mass is 9.97. The van der Waals surface area contributed by atoms with Crippen molar-refractivity contribution in [3.05, 3.63) is 94.3 Å². The van der Waals surface area contributed by atoms with Crippen LogP contribution in [0, 0.1) is 5.82 Å². The number of halogens is 1. The van der Waals surface area contributed by atoms with Crippen molar-refractivity contribution in [3.63, 3.8) is 0 Å². The van der Waals surface area contributed by atoms with Gasteiger partial charge in [0.1, 0.15) is 5.82 Å². The highest BCUT2D eigenvalue weighted by molar-refractivity contribution is 6.06. The number of aromatic hydroxyl groups is 1. The molecule has 4 rings (SSSR count). The lowest BCUT2D eigenvalue weighted by Crippen LogP contribution is -1.99. The van der Waals surface area contributed by atoms with Crippen molar-refractivity contribution >= 4 is 23.0 Å². The molecule has 0 unspecified atom stereocenters. The van der Waals surface area contributed by atoms with Gasteiger partial charge >= 0.3 is 0 Å². The molecule has 0 radical (unpaired) electrons. The van der Waals surface area contributed by atoms with Crippen LogP contribution in [0.4, 0.5) is 4.39 Å². The van der Waals surface area contributed by atoms with Gasteiger partial charge in [-0.1, -0.05) is 36.4 Å². The minimum absolute atomic E-state index is 0.0549. The minimum atomic E-state index is -0.317. The van der Waals surface area contributed by atoms with E-state index in [-0.39, 0.29) is 17.3 Å². The van der Waals surface area contributed by atoms with Gasteiger partial charge in [-0.3, -0.25) is 4.79 Å². The van der Waals surface area contributed by atoms with Crippen LogP contribution in [0.2, 0.25) is 0 Å². The monoisotopic (exact) mass is 444 g/mol. The van der Waals surface area contributed by atoms with Crippen molar-refractivity contribution < 1.29 is 23.8 Å². The molecular weight excluding hydrogens is 419 g/mol. The van der Waals surface area contributed by atoms with Crippen LogP contribution in [-0.2, 0) is 0 Å². The maximum atomic E-state index is 14.2. The lowest BCUT2D eigenvalue weighted by molar-refractivity contribution is 0.0984. The fraction of sp³-hybridized carbons (Fsp3) is 0.179. The molecule has 0 saturated heterocycles. The van der Waals surface area contributed by atoms with E-state index in [1.165, 1.54) is 26.4 Å². The average molecular weight is 445 g/mol. The third-order valence-electron chi connectivity index (χ3n) is 5.96. The van der Waals surface area contributed by atoms with E-state index in [4.69, 9.17) is 9.47 Å². The van der Waals surface area contributed by atoms with Gasteiger partial charge in [-0.25, -0.2) is 4.39 Å². The van der Waals surface area contributed by atoms with Crippen LogP contribution in [0.25, 0.3) is 17.2 Å². The summed E-state index contributed by atoms with van der Waals surface area (Å²) in [6, 6.07) is 17.4. The second-order valence-electron chi connectivity index (χ2n) is 7.91. The van der Waals surface area contributed by atoms with Crippen molar-refractivity contribution in [2.75, 3.05) is 14.2 Å². The summed E-state index contributed by atoms with van der Waals surface area (Å²) in [5.74, 6) is 0.271. The van der Waals surface area contributed by atoms with Crippen molar-refractivity contribution in [2.45, 2.75) is 19.8 Å². The number of phenols is 1. The first kappa shape index (κ1) is 22.3.